The second-order valence-corrected chi connectivity index (χ2v) is 6.13. The molecule has 0 aliphatic heterocycles. The Hall–Kier alpha value is -1.00. The lowest BCUT2D eigenvalue weighted by Crippen LogP contribution is -2.10. The highest BCUT2D eigenvalue weighted by molar-refractivity contribution is 7.84. The van der Waals surface area contributed by atoms with Gasteiger partial charge in [0.2, 0.25) is 0 Å². The van der Waals surface area contributed by atoms with Crippen molar-refractivity contribution in [2.45, 2.75) is 33.4 Å². The zero-order chi connectivity index (χ0) is 13.9. The van der Waals surface area contributed by atoms with Gasteiger partial charge in [-0.15, -0.1) is 0 Å². The summed E-state index contributed by atoms with van der Waals surface area (Å²) >= 11 is 0. The molecule has 1 unspecified atom stereocenters. The molecule has 0 aliphatic rings. The Morgan fingerprint density at radius 1 is 1.28 bits per heavy atom. The van der Waals surface area contributed by atoms with Crippen LogP contribution in [0.3, 0.4) is 0 Å². The molecular formula is C14H20O3S. The molecule has 1 N–H and O–H groups in total. The molecule has 1 rings (SSSR count). The van der Waals surface area contributed by atoms with E-state index < -0.39 is 10.8 Å². The molecule has 1 aromatic carbocycles. The summed E-state index contributed by atoms with van der Waals surface area (Å²) in [5.74, 6) is 0.722. The number of aliphatic hydroxyl groups excluding tert-OH is 1. The van der Waals surface area contributed by atoms with Gasteiger partial charge in [0.1, 0.15) is 0 Å². The molecule has 0 saturated heterocycles. The predicted molar refractivity (Wildman–Crippen MR) is 74.5 cm³/mol. The van der Waals surface area contributed by atoms with Crippen LogP contribution in [-0.4, -0.2) is 27.5 Å². The lowest BCUT2D eigenvalue weighted by Gasteiger charge is -2.15. The zero-order valence-electron chi connectivity index (χ0n) is 11.4. The first-order valence-corrected chi connectivity index (χ1v) is 7.43. The molecule has 0 bridgehead atoms. The first kappa shape index (κ1) is 15.1. The van der Waals surface area contributed by atoms with Crippen LogP contribution in [0.15, 0.2) is 6.07 Å². The maximum absolute atomic E-state index is 11.7. The van der Waals surface area contributed by atoms with Crippen molar-refractivity contribution in [3.05, 3.63) is 33.9 Å². The number of rotatable bonds is 5. The molecule has 3 nitrogen and oxygen atoms in total. The smallest absolute Gasteiger partial charge is 0.160 e. The Bertz CT molecular complexity index is 492. The van der Waals surface area contributed by atoms with E-state index in [0.29, 0.717) is 5.75 Å². The van der Waals surface area contributed by atoms with E-state index in [1.165, 1.54) is 0 Å². The van der Waals surface area contributed by atoms with Crippen molar-refractivity contribution in [3.8, 4) is 0 Å². The van der Waals surface area contributed by atoms with E-state index in [2.05, 4.69) is 0 Å². The molecule has 1 atom stereocenters. The first-order valence-electron chi connectivity index (χ1n) is 5.95. The standard InChI is InChI=1S/C14H20O3S/c1-9-7-10(2)14(12(4)16)11(3)13(9)8-18(17)6-5-15/h7,15H,5-6,8H2,1-4H3. The largest absolute Gasteiger partial charge is 0.395 e. The van der Waals surface area contributed by atoms with Gasteiger partial charge in [0, 0.05) is 27.9 Å². The van der Waals surface area contributed by atoms with Gasteiger partial charge in [0.25, 0.3) is 0 Å². The number of hydrogen-bond acceptors (Lipinski definition) is 3. The Balaban J connectivity index is 3.23. The van der Waals surface area contributed by atoms with E-state index >= 15 is 0 Å². The van der Waals surface area contributed by atoms with Crippen molar-refractivity contribution < 1.29 is 14.1 Å². The number of aryl methyl sites for hydroxylation is 2. The van der Waals surface area contributed by atoms with Gasteiger partial charge in [-0.05, 0) is 49.9 Å². The minimum atomic E-state index is -1.08. The van der Waals surface area contributed by atoms with Gasteiger partial charge in [-0.1, -0.05) is 6.07 Å². The van der Waals surface area contributed by atoms with Crippen LogP contribution in [0.5, 0.6) is 0 Å². The number of hydrogen-bond donors (Lipinski definition) is 1. The topological polar surface area (TPSA) is 54.4 Å². The molecule has 0 spiro atoms. The SMILES string of the molecule is CC(=O)c1c(C)cc(C)c(CS(=O)CCO)c1C. The summed E-state index contributed by atoms with van der Waals surface area (Å²) < 4.78 is 11.7. The number of aliphatic hydroxyl groups is 1. The van der Waals surface area contributed by atoms with Gasteiger partial charge in [-0.3, -0.25) is 9.00 Å². The third kappa shape index (κ3) is 3.27. The average Bonchev–Trinajstić information content (AvgIpc) is 2.23. The van der Waals surface area contributed by atoms with Crippen LogP contribution in [0, 0.1) is 20.8 Å². The monoisotopic (exact) mass is 268 g/mol. The second kappa shape index (κ2) is 6.25. The number of carbonyl (C=O) groups is 1. The fourth-order valence-electron chi connectivity index (χ4n) is 2.33. The molecule has 0 aliphatic carbocycles. The minimum absolute atomic E-state index is 0.0409. The highest BCUT2D eigenvalue weighted by Gasteiger charge is 2.15. The van der Waals surface area contributed by atoms with Crippen molar-refractivity contribution in [2.24, 2.45) is 0 Å². The third-order valence-corrected chi connectivity index (χ3v) is 4.36. The molecular weight excluding hydrogens is 248 g/mol. The van der Waals surface area contributed by atoms with E-state index in [4.69, 9.17) is 5.11 Å². The van der Waals surface area contributed by atoms with Gasteiger partial charge in [0.15, 0.2) is 5.78 Å². The maximum Gasteiger partial charge on any atom is 0.160 e. The van der Waals surface area contributed by atoms with Gasteiger partial charge in [-0.25, -0.2) is 0 Å². The van der Waals surface area contributed by atoms with Gasteiger partial charge >= 0.3 is 0 Å². The summed E-state index contributed by atoms with van der Waals surface area (Å²) in [7, 11) is -1.08. The Labute approximate surface area is 111 Å². The van der Waals surface area contributed by atoms with Crippen LogP contribution in [-0.2, 0) is 16.6 Å². The average molecular weight is 268 g/mol. The van der Waals surface area contributed by atoms with Crippen LogP contribution < -0.4 is 0 Å². The summed E-state index contributed by atoms with van der Waals surface area (Å²) in [5, 5.41) is 8.79. The van der Waals surface area contributed by atoms with E-state index in [-0.39, 0.29) is 18.1 Å². The van der Waals surface area contributed by atoms with Crippen molar-refractivity contribution in [2.75, 3.05) is 12.4 Å². The van der Waals surface area contributed by atoms with Gasteiger partial charge < -0.3 is 5.11 Å². The van der Waals surface area contributed by atoms with Crippen molar-refractivity contribution in [1.29, 1.82) is 0 Å². The number of ketones is 1. The van der Waals surface area contributed by atoms with E-state index in [1.54, 1.807) is 6.92 Å². The highest BCUT2D eigenvalue weighted by atomic mass is 32.2. The molecule has 4 heteroatoms. The second-order valence-electron chi connectivity index (χ2n) is 4.56. The van der Waals surface area contributed by atoms with Crippen molar-refractivity contribution >= 4 is 16.6 Å². The molecule has 0 radical (unpaired) electrons. The number of carbonyl (C=O) groups excluding carboxylic acids is 1. The zero-order valence-corrected chi connectivity index (χ0v) is 12.2. The normalized spacial score (nSPS) is 12.5. The van der Waals surface area contributed by atoms with Gasteiger partial charge in [-0.2, -0.15) is 0 Å². The summed E-state index contributed by atoms with van der Waals surface area (Å²) in [6.07, 6.45) is 0. The summed E-state index contributed by atoms with van der Waals surface area (Å²) in [6.45, 7) is 7.28. The summed E-state index contributed by atoms with van der Waals surface area (Å²) in [6, 6.07) is 1.97. The molecule has 0 amide bonds. The third-order valence-electron chi connectivity index (χ3n) is 3.11. The fourth-order valence-corrected chi connectivity index (χ4v) is 3.44. The summed E-state index contributed by atoms with van der Waals surface area (Å²) in [4.78, 5) is 11.6. The molecule has 1 aromatic rings. The quantitative estimate of drug-likeness (QED) is 0.832. The Morgan fingerprint density at radius 3 is 2.39 bits per heavy atom. The molecule has 0 aromatic heterocycles. The van der Waals surface area contributed by atoms with E-state index in [0.717, 1.165) is 27.8 Å². The van der Waals surface area contributed by atoms with Crippen LogP contribution in [0.25, 0.3) is 0 Å². The summed E-state index contributed by atoms with van der Waals surface area (Å²) in [5.41, 5.74) is 4.65. The predicted octanol–water partition coefficient (Wildman–Crippen LogP) is 2.06. The van der Waals surface area contributed by atoms with Crippen LogP contribution in [0.2, 0.25) is 0 Å². The Kier molecular flexibility index (Phi) is 5.23. The first-order chi connectivity index (χ1) is 8.38. The van der Waals surface area contributed by atoms with Crippen molar-refractivity contribution in [1.82, 2.24) is 0 Å². The number of benzene rings is 1. The van der Waals surface area contributed by atoms with E-state index in [1.807, 2.05) is 26.8 Å². The van der Waals surface area contributed by atoms with Gasteiger partial charge in [0.05, 0.1) is 6.61 Å². The molecule has 0 saturated carbocycles. The lowest BCUT2D eigenvalue weighted by atomic mass is 9.92. The van der Waals surface area contributed by atoms with Crippen LogP contribution in [0.1, 0.15) is 39.5 Å². The molecule has 100 valence electrons. The van der Waals surface area contributed by atoms with Crippen LogP contribution >= 0.6 is 0 Å². The Morgan fingerprint density at radius 2 is 1.89 bits per heavy atom. The lowest BCUT2D eigenvalue weighted by molar-refractivity contribution is 0.101. The highest BCUT2D eigenvalue weighted by Crippen LogP contribution is 2.24. The van der Waals surface area contributed by atoms with Crippen LogP contribution in [0.4, 0.5) is 0 Å². The maximum atomic E-state index is 11.7. The van der Waals surface area contributed by atoms with Crippen molar-refractivity contribution in [3.63, 3.8) is 0 Å². The molecule has 0 heterocycles. The molecule has 18 heavy (non-hydrogen) atoms. The number of Topliss-reactive ketones (excluding diaryl/α,β-unsaturated/α-hetero) is 1. The molecule has 0 fully saturated rings. The van der Waals surface area contributed by atoms with E-state index in [9.17, 15) is 9.00 Å². The fraction of sp³-hybridized carbons (Fsp3) is 0.500. The minimum Gasteiger partial charge on any atom is -0.395 e.